The molecule has 0 saturated heterocycles. The summed E-state index contributed by atoms with van der Waals surface area (Å²) in [5, 5.41) is 12.5. The van der Waals surface area contributed by atoms with E-state index in [4.69, 9.17) is 5.11 Å². The average molecular weight is 183 g/mol. The summed E-state index contributed by atoms with van der Waals surface area (Å²) in [5.41, 5.74) is 0. The molecule has 0 aliphatic carbocycles. The van der Waals surface area contributed by atoms with Crippen LogP contribution in [0.5, 0.6) is 0 Å². The highest BCUT2D eigenvalue weighted by Gasteiger charge is 2.05. The fraction of sp³-hybridized carbons (Fsp3) is 0.625. The molecule has 0 radical (unpaired) electrons. The van der Waals surface area contributed by atoms with Crippen LogP contribution in [-0.2, 0) is 17.8 Å². The normalized spacial score (nSPS) is 10.7. The summed E-state index contributed by atoms with van der Waals surface area (Å²) in [5.74, 6) is 0.290. The quantitative estimate of drug-likeness (QED) is 0.740. The lowest BCUT2D eigenvalue weighted by atomic mass is 10.1. The SMILES string of the molecule is CC(C)Cc1ncn(CC(=O)O)n1. The Morgan fingerprint density at radius 1 is 1.69 bits per heavy atom. The van der Waals surface area contributed by atoms with E-state index in [9.17, 15) is 4.79 Å². The zero-order valence-corrected chi connectivity index (χ0v) is 7.77. The van der Waals surface area contributed by atoms with E-state index in [1.807, 2.05) is 0 Å². The monoisotopic (exact) mass is 183 g/mol. The van der Waals surface area contributed by atoms with Crippen LogP contribution in [0.25, 0.3) is 0 Å². The molecule has 5 heteroatoms. The van der Waals surface area contributed by atoms with Crippen molar-refractivity contribution < 1.29 is 9.90 Å². The standard InChI is InChI=1S/C8H13N3O2/c1-6(2)3-7-9-5-11(10-7)4-8(12)13/h5-6H,3-4H2,1-2H3,(H,12,13). The summed E-state index contributed by atoms with van der Waals surface area (Å²) in [4.78, 5) is 14.3. The third-order valence-electron chi connectivity index (χ3n) is 1.47. The highest BCUT2D eigenvalue weighted by atomic mass is 16.4. The number of carboxylic acid groups (broad SMARTS) is 1. The molecule has 0 atom stereocenters. The minimum Gasteiger partial charge on any atom is -0.480 e. The van der Waals surface area contributed by atoms with Crippen LogP contribution in [-0.4, -0.2) is 25.8 Å². The summed E-state index contributed by atoms with van der Waals surface area (Å²) in [6.07, 6.45) is 2.23. The van der Waals surface area contributed by atoms with Crippen molar-refractivity contribution in [1.29, 1.82) is 0 Å². The van der Waals surface area contributed by atoms with Crippen LogP contribution < -0.4 is 0 Å². The predicted molar refractivity (Wildman–Crippen MR) is 46.2 cm³/mol. The van der Waals surface area contributed by atoms with E-state index in [2.05, 4.69) is 23.9 Å². The van der Waals surface area contributed by atoms with Gasteiger partial charge in [0.05, 0.1) is 0 Å². The Labute approximate surface area is 76.4 Å². The molecule has 5 nitrogen and oxygen atoms in total. The molecule has 0 aliphatic heterocycles. The smallest absolute Gasteiger partial charge is 0.325 e. The van der Waals surface area contributed by atoms with Crippen molar-refractivity contribution in [3.05, 3.63) is 12.2 Å². The van der Waals surface area contributed by atoms with Gasteiger partial charge in [0.15, 0.2) is 5.82 Å². The van der Waals surface area contributed by atoms with E-state index in [-0.39, 0.29) is 6.54 Å². The largest absolute Gasteiger partial charge is 0.480 e. The van der Waals surface area contributed by atoms with Crippen molar-refractivity contribution in [3.8, 4) is 0 Å². The van der Waals surface area contributed by atoms with Crippen LogP contribution in [0.3, 0.4) is 0 Å². The van der Waals surface area contributed by atoms with Crippen LogP contribution in [0.4, 0.5) is 0 Å². The zero-order chi connectivity index (χ0) is 9.84. The molecule has 1 aromatic rings. The summed E-state index contributed by atoms with van der Waals surface area (Å²) in [6.45, 7) is 4.01. The van der Waals surface area contributed by atoms with Crippen LogP contribution in [0.15, 0.2) is 6.33 Å². The van der Waals surface area contributed by atoms with Crippen LogP contribution in [0.1, 0.15) is 19.7 Å². The number of nitrogens with zero attached hydrogens (tertiary/aromatic N) is 3. The number of rotatable bonds is 4. The van der Waals surface area contributed by atoms with Gasteiger partial charge < -0.3 is 5.11 Å². The Hall–Kier alpha value is -1.39. The molecule has 0 saturated carbocycles. The highest BCUT2D eigenvalue weighted by Crippen LogP contribution is 2.01. The van der Waals surface area contributed by atoms with Gasteiger partial charge in [-0.2, -0.15) is 5.10 Å². The van der Waals surface area contributed by atoms with E-state index in [1.165, 1.54) is 11.0 Å². The topological polar surface area (TPSA) is 68.0 Å². The number of hydrogen-bond donors (Lipinski definition) is 1. The lowest BCUT2D eigenvalue weighted by molar-refractivity contribution is -0.137. The molecule has 0 aromatic carbocycles. The third kappa shape index (κ3) is 3.23. The summed E-state index contributed by atoms with van der Waals surface area (Å²) < 4.78 is 1.33. The number of aromatic nitrogens is 3. The van der Waals surface area contributed by atoms with Crippen LogP contribution in [0, 0.1) is 5.92 Å². The van der Waals surface area contributed by atoms with Gasteiger partial charge in [0.2, 0.25) is 0 Å². The second-order valence-electron chi connectivity index (χ2n) is 3.35. The van der Waals surface area contributed by atoms with Crippen molar-refractivity contribution in [2.45, 2.75) is 26.8 Å². The third-order valence-corrected chi connectivity index (χ3v) is 1.47. The molecular weight excluding hydrogens is 170 g/mol. The first kappa shape index (κ1) is 9.70. The van der Waals surface area contributed by atoms with E-state index in [0.717, 1.165) is 6.42 Å². The van der Waals surface area contributed by atoms with Gasteiger partial charge in [0.25, 0.3) is 0 Å². The van der Waals surface area contributed by atoms with E-state index in [0.29, 0.717) is 11.7 Å². The van der Waals surface area contributed by atoms with Crippen molar-refractivity contribution in [3.63, 3.8) is 0 Å². The Kier molecular flexibility index (Phi) is 3.00. The number of carbonyl (C=O) groups is 1. The van der Waals surface area contributed by atoms with Gasteiger partial charge >= 0.3 is 5.97 Å². The zero-order valence-electron chi connectivity index (χ0n) is 7.77. The molecule has 0 bridgehead atoms. The number of carboxylic acids is 1. The van der Waals surface area contributed by atoms with Crippen molar-refractivity contribution in [2.75, 3.05) is 0 Å². The average Bonchev–Trinajstić information content (AvgIpc) is 2.33. The molecule has 1 N–H and O–H groups in total. The maximum atomic E-state index is 10.3. The first-order valence-electron chi connectivity index (χ1n) is 4.18. The minimum atomic E-state index is -0.902. The molecular formula is C8H13N3O2. The second-order valence-corrected chi connectivity index (χ2v) is 3.35. The fourth-order valence-electron chi connectivity index (χ4n) is 1.01. The molecule has 0 unspecified atom stereocenters. The van der Waals surface area contributed by atoms with Crippen molar-refractivity contribution in [1.82, 2.24) is 14.8 Å². The lowest BCUT2D eigenvalue weighted by Gasteiger charge is -1.97. The Balaban J connectivity index is 2.58. The van der Waals surface area contributed by atoms with Crippen molar-refractivity contribution >= 4 is 5.97 Å². The first-order valence-corrected chi connectivity index (χ1v) is 4.18. The fourth-order valence-corrected chi connectivity index (χ4v) is 1.01. The Bertz CT molecular complexity index is 293. The van der Waals surface area contributed by atoms with Crippen molar-refractivity contribution in [2.24, 2.45) is 5.92 Å². The molecule has 0 fully saturated rings. The van der Waals surface area contributed by atoms with Gasteiger partial charge in [-0.05, 0) is 5.92 Å². The molecule has 0 amide bonds. The summed E-state index contributed by atoms with van der Waals surface area (Å²) >= 11 is 0. The molecule has 0 aliphatic rings. The molecule has 0 spiro atoms. The molecule has 13 heavy (non-hydrogen) atoms. The maximum absolute atomic E-state index is 10.3. The van der Waals surface area contributed by atoms with Gasteiger partial charge in [-0.15, -0.1) is 0 Å². The maximum Gasteiger partial charge on any atom is 0.325 e. The molecule has 1 rings (SSSR count). The summed E-state index contributed by atoms with van der Waals surface area (Å²) in [7, 11) is 0. The minimum absolute atomic E-state index is 0.120. The number of aliphatic carboxylic acids is 1. The van der Waals surface area contributed by atoms with Gasteiger partial charge in [-0.3, -0.25) is 4.79 Å². The van der Waals surface area contributed by atoms with Gasteiger partial charge in [-0.1, -0.05) is 13.8 Å². The highest BCUT2D eigenvalue weighted by molar-refractivity contribution is 5.66. The van der Waals surface area contributed by atoms with Gasteiger partial charge in [0.1, 0.15) is 12.9 Å². The van der Waals surface area contributed by atoms with E-state index < -0.39 is 5.97 Å². The van der Waals surface area contributed by atoms with Crippen LogP contribution >= 0.6 is 0 Å². The molecule has 1 heterocycles. The van der Waals surface area contributed by atoms with Gasteiger partial charge in [-0.25, -0.2) is 9.67 Å². The lowest BCUT2D eigenvalue weighted by Crippen LogP contribution is -2.09. The summed E-state index contributed by atoms with van der Waals surface area (Å²) in [6, 6.07) is 0. The predicted octanol–water partition coefficient (Wildman–Crippen LogP) is 0.561. The van der Waals surface area contributed by atoms with Crippen LogP contribution in [0.2, 0.25) is 0 Å². The first-order chi connectivity index (χ1) is 6.08. The molecule has 1 aromatic heterocycles. The number of hydrogen-bond acceptors (Lipinski definition) is 3. The Morgan fingerprint density at radius 3 is 2.92 bits per heavy atom. The Morgan fingerprint density at radius 2 is 2.38 bits per heavy atom. The van der Waals surface area contributed by atoms with Gasteiger partial charge in [0, 0.05) is 6.42 Å². The second kappa shape index (κ2) is 4.02. The molecule has 72 valence electrons. The van der Waals surface area contributed by atoms with E-state index >= 15 is 0 Å². The van der Waals surface area contributed by atoms with E-state index in [1.54, 1.807) is 0 Å².